The Bertz CT molecular complexity index is 632. The second-order valence-electron chi connectivity index (χ2n) is 4.91. The molecule has 1 rings (SSSR count). The van der Waals surface area contributed by atoms with Gasteiger partial charge in [-0.1, -0.05) is 0 Å². The number of sulfonamides is 1. The Morgan fingerprint density at radius 1 is 1.30 bits per heavy atom. The summed E-state index contributed by atoms with van der Waals surface area (Å²) in [7, 11) is -0.908. The van der Waals surface area contributed by atoms with Crippen LogP contribution in [0.1, 0.15) is 17.3 Å². The van der Waals surface area contributed by atoms with E-state index in [9.17, 15) is 13.2 Å². The Morgan fingerprint density at radius 3 is 2.57 bits per heavy atom. The number of anilines is 1. The molecule has 0 spiro atoms. The maximum Gasteiger partial charge on any atom is 0.335 e. The van der Waals surface area contributed by atoms with Crippen LogP contribution in [0.4, 0.5) is 5.69 Å². The lowest BCUT2D eigenvalue weighted by molar-refractivity contribution is 0.0696. The van der Waals surface area contributed by atoms with Crippen LogP contribution in [0.15, 0.2) is 23.1 Å². The Morgan fingerprint density at radius 2 is 2.00 bits per heavy atom. The first-order valence-corrected chi connectivity index (χ1v) is 8.41. The maximum atomic E-state index is 12.5. The maximum absolute atomic E-state index is 12.5. The highest BCUT2D eigenvalue weighted by molar-refractivity contribution is 7.89. The highest BCUT2D eigenvalue weighted by Gasteiger charge is 2.22. The number of aromatic carboxylic acids is 1. The van der Waals surface area contributed by atoms with Crippen molar-refractivity contribution >= 4 is 21.7 Å². The summed E-state index contributed by atoms with van der Waals surface area (Å²) in [6.07, 6.45) is 0. The lowest BCUT2D eigenvalue weighted by atomic mass is 10.2. The molecule has 3 N–H and O–H groups in total. The molecular formula is C14H22N2O6S. The van der Waals surface area contributed by atoms with Crippen molar-refractivity contribution in [1.29, 1.82) is 0 Å². The number of carboxylic acids is 1. The van der Waals surface area contributed by atoms with Gasteiger partial charge in [0.25, 0.3) is 0 Å². The Balaban J connectivity index is 3.16. The van der Waals surface area contributed by atoms with Crippen molar-refractivity contribution < 1.29 is 27.8 Å². The van der Waals surface area contributed by atoms with Gasteiger partial charge in [0.05, 0.1) is 24.5 Å². The SMILES string of the molecule is COCCNc1ccc(C(=O)O)cc1S(=O)(=O)NC(C)COC. The Kier molecular flexibility index (Phi) is 7.43. The number of methoxy groups -OCH3 is 2. The van der Waals surface area contributed by atoms with Gasteiger partial charge >= 0.3 is 5.97 Å². The van der Waals surface area contributed by atoms with E-state index in [1.54, 1.807) is 6.92 Å². The molecule has 0 radical (unpaired) electrons. The monoisotopic (exact) mass is 346 g/mol. The molecule has 0 amide bonds. The molecule has 0 saturated heterocycles. The van der Waals surface area contributed by atoms with Crippen LogP contribution in [-0.4, -0.2) is 59.5 Å². The highest BCUT2D eigenvalue weighted by atomic mass is 32.2. The molecule has 1 unspecified atom stereocenters. The van der Waals surface area contributed by atoms with E-state index in [1.807, 2.05) is 0 Å². The zero-order chi connectivity index (χ0) is 17.5. The van der Waals surface area contributed by atoms with Gasteiger partial charge in [0, 0.05) is 26.8 Å². The largest absolute Gasteiger partial charge is 0.478 e. The van der Waals surface area contributed by atoms with Crippen LogP contribution in [0.25, 0.3) is 0 Å². The standard InChI is InChI=1S/C14H22N2O6S/c1-10(9-22-3)16-23(19,20)13-8-11(14(17)18)4-5-12(13)15-6-7-21-2/h4-5,8,10,15-16H,6-7,9H2,1-3H3,(H,17,18). The molecule has 0 aliphatic rings. The van der Waals surface area contributed by atoms with Crippen LogP contribution in [-0.2, 0) is 19.5 Å². The van der Waals surface area contributed by atoms with Gasteiger partial charge in [0.15, 0.2) is 0 Å². The number of hydrogen-bond donors (Lipinski definition) is 3. The number of benzene rings is 1. The number of carboxylic acid groups (broad SMARTS) is 1. The third-order valence-corrected chi connectivity index (χ3v) is 4.54. The minimum atomic E-state index is -3.90. The van der Waals surface area contributed by atoms with Crippen molar-refractivity contribution in [2.24, 2.45) is 0 Å². The molecule has 130 valence electrons. The fourth-order valence-corrected chi connectivity index (χ4v) is 3.36. The van der Waals surface area contributed by atoms with E-state index >= 15 is 0 Å². The summed E-state index contributed by atoms with van der Waals surface area (Å²) in [5.74, 6) is -1.20. The van der Waals surface area contributed by atoms with E-state index in [-0.39, 0.29) is 17.1 Å². The summed E-state index contributed by atoms with van der Waals surface area (Å²) in [5, 5.41) is 12.0. The van der Waals surface area contributed by atoms with Crippen LogP contribution in [0.5, 0.6) is 0 Å². The van der Waals surface area contributed by atoms with Crippen LogP contribution < -0.4 is 10.0 Å². The van der Waals surface area contributed by atoms with Gasteiger partial charge in [-0.05, 0) is 25.1 Å². The van der Waals surface area contributed by atoms with Gasteiger partial charge in [-0.25, -0.2) is 17.9 Å². The van der Waals surface area contributed by atoms with E-state index in [0.717, 1.165) is 6.07 Å². The van der Waals surface area contributed by atoms with Gasteiger partial charge in [-0.15, -0.1) is 0 Å². The number of carbonyl (C=O) groups is 1. The normalized spacial score (nSPS) is 12.8. The lowest BCUT2D eigenvalue weighted by Crippen LogP contribution is -2.36. The van der Waals surface area contributed by atoms with Crippen molar-refractivity contribution in [1.82, 2.24) is 4.72 Å². The average Bonchev–Trinajstić information content (AvgIpc) is 2.47. The number of hydrogen-bond acceptors (Lipinski definition) is 6. The number of nitrogens with one attached hydrogen (secondary N) is 2. The van der Waals surface area contributed by atoms with Crippen LogP contribution in [0.3, 0.4) is 0 Å². The number of ether oxygens (including phenoxy) is 2. The minimum Gasteiger partial charge on any atom is -0.478 e. The first-order valence-electron chi connectivity index (χ1n) is 6.93. The molecule has 0 aliphatic carbocycles. The Hall–Kier alpha value is -1.68. The van der Waals surface area contributed by atoms with E-state index in [0.29, 0.717) is 18.8 Å². The lowest BCUT2D eigenvalue weighted by Gasteiger charge is -2.17. The number of rotatable bonds is 10. The molecule has 1 atom stereocenters. The molecule has 23 heavy (non-hydrogen) atoms. The summed E-state index contributed by atoms with van der Waals surface area (Å²) in [6.45, 7) is 2.62. The van der Waals surface area contributed by atoms with E-state index in [4.69, 9.17) is 14.6 Å². The van der Waals surface area contributed by atoms with Gasteiger partial charge in [0.1, 0.15) is 4.90 Å². The zero-order valence-electron chi connectivity index (χ0n) is 13.3. The van der Waals surface area contributed by atoms with Crippen molar-refractivity contribution in [2.75, 3.05) is 39.3 Å². The fourth-order valence-electron chi connectivity index (χ4n) is 1.92. The molecule has 0 fully saturated rings. The molecule has 9 heteroatoms. The topological polar surface area (TPSA) is 114 Å². The van der Waals surface area contributed by atoms with Gasteiger partial charge in [-0.3, -0.25) is 0 Å². The van der Waals surface area contributed by atoms with Crippen LogP contribution >= 0.6 is 0 Å². The summed E-state index contributed by atoms with van der Waals surface area (Å²) in [5.41, 5.74) is 0.200. The Labute approximate surface area is 135 Å². The average molecular weight is 346 g/mol. The molecule has 0 saturated carbocycles. The molecule has 8 nitrogen and oxygen atoms in total. The van der Waals surface area contributed by atoms with E-state index in [2.05, 4.69) is 10.0 Å². The molecular weight excluding hydrogens is 324 g/mol. The van der Waals surface area contributed by atoms with Crippen LogP contribution in [0, 0.1) is 0 Å². The summed E-state index contributed by atoms with van der Waals surface area (Å²) in [4.78, 5) is 11.0. The van der Waals surface area contributed by atoms with Crippen LogP contribution in [0.2, 0.25) is 0 Å². The van der Waals surface area contributed by atoms with Crippen molar-refractivity contribution in [3.05, 3.63) is 23.8 Å². The minimum absolute atomic E-state index is 0.109. The molecule has 1 aromatic carbocycles. The van der Waals surface area contributed by atoms with Gasteiger partial charge < -0.3 is 19.9 Å². The molecule has 0 aliphatic heterocycles. The van der Waals surface area contributed by atoms with Crippen molar-refractivity contribution in [3.63, 3.8) is 0 Å². The zero-order valence-corrected chi connectivity index (χ0v) is 14.1. The smallest absolute Gasteiger partial charge is 0.335 e. The van der Waals surface area contributed by atoms with E-state index in [1.165, 1.54) is 26.4 Å². The second kappa shape index (κ2) is 8.82. The summed E-state index contributed by atoms with van der Waals surface area (Å²) in [6, 6.07) is 3.44. The molecule has 0 heterocycles. The fraction of sp³-hybridized carbons (Fsp3) is 0.500. The third kappa shape index (κ3) is 5.79. The first kappa shape index (κ1) is 19.4. The molecule has 1 aromatic rings. The quantitative estimate of drug-likeness (QED) is 0.536. The van der Waals surface area contributed by atoms with Gasteiger partial charge in [0.2, 0.25) is 10.0 Å². The third-order valence-electron chi connectivity index (χ3n) is 2.91. The molecule has 0 bridgehead atoms. The second-order valence-corrected chi connectivity index (χ2v) is 6.60. The van der Waals surface area contributed by atoms with Crippen molar-refractivity contribution in [2.45, 2.75) is 17.9 Å². The highest BCUT2D eigenvalue weighted by Crippen LogP contribution is 2.23. The van der Waals surface area contributed by atoms with Gasteiger partial charge in [-0.2, -0.15) is 0 Å². The first-order chi connectivity index (χ1) is 10.8. The summed E-state index contributed by atoms with van der Waals surface area (Å²) < 4.78 is 37.3. The van der Waals surface area contributed by atoms with Crippen molar-refractivity contribution in [3.8, 4) is 0 Å². The predicted molar refractivity (Wildman–Crippen MR) is 85.4 cm³/mol. The summed E-state index contributed by atoms with van der Waals surface area (Å²) >= 11 is 0. The predicted octanol–water partition coefficient (Wildman–Crippen LogP) is 0.756. The molecule has 0 aromatic heterocycles. The van der Waals surface area contributed by atoms with E-state index < -0.39 is 22.0 Å².